The quantitative estimate of drug-likeness (QED) is 0.0509. The van der Waals surface area contributed by atoms with E-state index in [0.717, 1.165) is 0 Å². The molecule has 5 rings (SSSR count). The van der Waals surface area contributed by atoms with E-state index in [1.54, 1.807) is 72.8 Å². The normalized spacial score (nSPS) is 11.6. The van der Waals surface area contributed by atoms with Crippen molar-refractivity contribution in [3.63, 3.8) is 0 Å². The maximum atomic E-state index is 14.7. The Balaban J connectivity index is 1.48. The standard InChI is InChI=1S/C44H39BrN2O11/c1-27(48)57-33-17-13-29(14-18-33)23-36(46-43(53)55-25-31-9-5-3-6-10-31)41(51)35-21-22-38(50)40(45)39(35)42(52)37(24-30-15-19-34(20-16-30)58-28(2)49)47-44(54)56-26-32-11-7-4-8-12-32/h3-22,36-37,50H,23-26H2,1-2H3,(H,46,53)(H,47,54)/t36-,37-/m0/s1. The third-order valence-electron chi connectivity index (χ3n) is 8.53. The lowest BCUT2D eigenvalue weighted by atomic mass is 9.89. The predicted molar refractivity (Wildman–Crippen MR) is 214 cm³/mol. The number of alkyl carbamates (subject to hydrolysis) is 2. The molecule has 0 aliphatic carbocycles. The Morgan fingerprint density at radius 1 is 0.552 bits per heavy atom. The molecule has 5 aromatic rings. The molecule has 13 nitrogen and oxygen atoms in total. The summed E-state index contributed by atoms with van der Waals surface area (Å²) >= 11 is 3.29. The average Bonchev–Trinajstić information content (AvgIpc) is 3.21. The molecule has 5 aromatic carbocycles. The van der Waals surface area contributed by atoms with Crippen LogP contribution in [0, 0.1) is 0 Å². The predicted octanol–water partition coefficient (Wildman–Crippen LogP) is 7.45. The number of ether oxygens (including phenoxy) is 4. The number of Topliss-reactive ketones (excluding diaryl/α,β-unsaturated/α-hetero) is 2. The molecule has 0 saturated heterocycles. The van der Waals surface area contributed by atoms with E-state index in [9.17, 15) is 33.9 Å². The first kappa shape index (κ1) is 42.3. The zero-order chi connectivity index (χ0) is 41.6. The van der Waals surface area contributed by atoms with Gasteiger partial charge in [-0.1, -0.05) is 84.9 Å². The molecule has 3 N–H and O–H groups in total. The number of ketones is 2. The molecule has 2 amide bonds. The van der Waals surface area contributed by atoms with Crippen molar-refractivity contribution in [1.82, 2.24) is 10.6 Å². The topological polar surface area (TPSA) is 184 Å². The van der Waals surface area contributed by atoms with Crippen molar-refractivity contribution in [2.24, 2.45) is 0 Å². The summed E-state index contributed by atoms with van der Waals surface area (Å²) in [5, 5.41) is 16.1. The minimum Gasteiger partial charge on any atom is -0.507 e. The second kappa shape index (κ2) is 20.4. The summed E-state index contributed by atoms with van der Waals surface area (Å²) in [5.41, 5.74) is 2.05. The van der Waals surface area contributed by atoms with Crippen LogP contribution in [0.15, 0.2) is 126 Å². The summed E-state index contributed by atoms with van der Waals surface area (Å²) in [5.74, 6) is -2.38. The first-order chi connectivity index (χ1) is 27.9. The van der Waals surface area contributed by atoms with Crippen LogP contribution in [0.4, 0.5) is 9.59 Å². The lowest BCUT2D eigenvalue weighted by molar-refractivity contribution is -0.132. The van der Waals surface area contributed by atoms with Crippen molar-refractivity contribution in [1.29, 1.82) is 0 Å². The van der Waals surface area contributed by atoms with E-state index in [0.29, 0.717) is 22.3 Å². The van der Waals surface area contributed by atoms with Gasteiger partial charge in [0.1, 0.15) is 30.5 Å². The smallest absolute Gasteiger partial charge is 0.408 e. The molecule has 0 radical (unpaired) electrons. The van der Waals surface area contributed by atoms with Crippen LogP contribution in [0.25, 0.3) is 0 Å². The number of amides is 2. The fourth-order valence-corrected chi connectivity index (χ4v) is 6.34. The Labute approximate surface area is 342 Å². The number of carbonyl (C=O) groups excluding carboxylic acids is 6. The summed E-state index contributed by atoms with van der Waals surface area (Å²) in [6.07, 6.45) is -2.05. The van der Waals surface area contributed by atoms with Crippen LogP contribution in [0.3, 0.4) is 0 Å². The number of hydrogen-bond donors (Lipinski definition) is 3. The molecule has 0 heterocycles. The minimum atomic E-state index is -1.36. The van der Waals surface area contributed by atoms with Gasteiger partial charge in [0, 0.05) is 37.8 Å². The number of esters is 2. The van der Waals surface area contributed by atoms with Gasteiger partial charge in [-0.25, -0.2) is 9.59 Å². The van der Waals surface area contributed by atoms with E-state index < -0.39 is 47.8 Å². The lowest BCUT2D eigenvalue weighted by Crippen LogP contribution is -2.45. The van der Waals surface area contributed by atoms with Gasteiger partial charge in [-0.15, -0.1) is 0 Å². The van der Waals surface area contributed by atoms with Crippen molar-refractivity contribution in [3.05, 3.63) is 159 Å². The highest BCUT2D eigenvalue weighted by atomic mass is 79.9. The fourth-order valence-electron chi connectivity index (χ4n) is 5.80. The average molecular weight is 852 g/mol. The monoisotopic (exact) mass is 850 g/mol. The van der Waals surface area contributed by atoms with Crippen molar-refractivity contribution in [2.45, 2.75) is 52.0 Å². The number of benzene rings is 5. The van der Waals surface area contributed by atoms with E-state index in [-0.39, 0.29) is 58.9 Å². The summed E-state index contributed by atoms with van der Waals surface area (Å²) < 4.78 is 21.0. The minimum absolute atomic E-state index is 0.0886. The molecule has 14 heteroatoms. The van der Waals surface area contributed by atoms with Gasteiger partial charge in [0.15, 0.2) is 11.6 Å². The number of phenolic OH excluding ortho intramolecular Hbond substituents is 1. The third-order valence-corrected chi connectivity index (χ3v) is 9.33. The highest BCUT2D eigenvalue weighted by molar-refractivity contribution is 9.10. The number of hydrogen-bond acceptors (Lipinski definition) is 11. The number of phenols is 1. The highest BCUT2D eigenvalue weighted by Gasteiger charge is 2.33. The van der Waals surface area contributed by atoms with Gasteiger partial charge in [0.05, 0.1) is 16.6 Å². The van der Waals surface area contributed by atoms with Crippen molar-refractivity contribution in [2.75, 3.05) is 0 Å². The summed E-state index contributed by atoms with van der Waals surface area (Å²) in [6.45, 7) is 2.33. The van der Waals surface area contributed by atoms with Crippen LogP contribution < -0.4 is 20.1 Å². The Hall–Kier alpha value is -6.80. The van der Waals surface area contributed by atoms with Crippen LogP contribution in [-0.2, 0) is 45.1 Å². The van der Waals surface area contributed by atoms with Crippen LogP contribution in [0.5, 0.6) is 17.2 Å². The van der Waals surface area contributed by atoms with E-state index in [1.165, 1.54) is 50.2 Å². The van der Waals surface area contributed by atoms with E-state index >= 15 is 0 Å². The van der Waals surface area contributed by atoms with Gasteiger partial charge in [0.2, 0.25) is 0 Å². The molecule has 0 aliphatic heterocycles. The van der Waals surface area contributed by atoms with Gasteiger partial charge >= 0.3 is 24.1 Å². The van der Waals surface area contributed by atoms with Gasteiger partial charge in [-0.2, -0.15) is 0 Å². The van der Waals surface area contributed by atoms with E-state index in [1.807, 2.05) is 12.1 Å². The molecule has 0 saturated carbocycles. The molecule has 2 atom stereocenters. The van der Waals surface area contributed by atoms with Gasteiger partial charge in [-0.3, -0.25) is 19.2 Å². The maximum absolute atomic E-state index is 14.7. The van der Waals surface area contributed by atoms with E-state index in [2.05, 4.69) is 26.6 Å². The van der Waals surface area contributed by atoms with E-state index in [4.69, 9.17) is 18.9 Å². The molecule has 298 valence electrons. The molecular weight excluding hydrogens is 812 g/mol. The number of halogens is 1. The van der Waals surface area contributed by atoms with Gasteiger partial charge in [0.25, 0.3) is 0 Å². The van der Waals surface area contributed by atoms with Crippen LogP contribution in [0.2, 0.25) is 0 Å². The maximum Gasteiger partial charge on any atom is 0.408 e. The summed E-state index contributed by atoms with van der Waals surface area (Å²) in [6, 6.07) is 30.2. The fraction of sp³-hybridized carbons (Fsp3) is 0.182. The molecule has 0 aromatic heterocycles. The van der Waals surface area contributed by atoms with Crippen LogP contribution >= 0.6 is 15.9 Å². The third kappa shape index (κ3) is 12.4. The van der Waals surface area contributed by atoms with Crippen LogP contribution in [0.1, 0.15) is 56.8 Å². The molecule has 0 aliphatic rings. The first-order valence-corrected chi connectivity index (χ1v) is 18.7. The zero-order valence-electron chi connectivity index (χ0n) is 31.4. The second-order valence-corrected chi connectivity index (χ2v) is 13.7. The second-order valence-electron chi connectivity index (χ2n) is 13.0. The number of carbonyl (C=O) groups is 6. The van der Waals surface area contributed by atoms with Crippen molar-refractivity contribution >= 4 is 51.6 Å². The summed E-state index contributed by atoms with van der Waals surface area (Å²) in [7, 11) is 0. The first-order valence-electron chi connectivity index (χ1n) is 17.9. The highest BCUT2D eigenvalue weighted by Crippen LogP contribution is 2.33. The summed E-state index contributed by atoms with van der Waals surface area (Å²) in [4.78, 5) is 78.6. The van der Waals surface area contributed by atoms with Crippen molar-refractivity contribution < 1.29 is 52.8 Å². The molecular formula is C44H39BrN2O11. The largest absolute Gasteiger partial charge is 0.507 e. The molecule has 0 fully saturated rings. The number of rotatable bonds is 16. The SMILES string of the molecule is CC(=O)Oc1ccc(C[C@H](NC(=O)OCc2ccccc2)C(=O)c2ccc(O)c(Br)c2C(=O)[C@H](Cc2ccc(OC(C)=O)cc2)NC(=O)OCc2ccccc2)cc1. The van der Waals surface area contributed by atoms with Gasteiger partial charge < -0.3 is 34.7 Å². The van der Waals surface area contributed by atoms with Gasteiger partial charge in [-0.05, 0) is 74.6 Å². The lowest BCUT2D eigenvalue weighted by Gasteiger charge is -2.23. The number of aromatic hydroxyl groups is 1. The Morgan fingerprint density at radius 2 is 0.966 bits per heavy atom. The molecule has 0 bridgehead atoms. The number of nitrogens with one attached hydrogen (secondary N) is 2. The molecule has 0 unspecified atom stereocenters. The zero-order valence-corrected chi connectivity index (χ0v) is 33.0. The molecule has 58 heavy (non-hydrogen) atoms. The molecule has 0 spiro atoms. The van der Waals surface area contributed by atoms with Crippen molar-refractivity contribution in [3.8, 4) is 17.2 Å². The Kier molecular flexibility index (Phi) is 14.9. The van der Waals surface area contributed by atoms with Crippen LogP contribution in [-0.4, -0.2) is 52.9 Å². The Bertz CT molecular complexity index is 2250. The Morgan fingerprint density at radius 3 is 1.38 bits per heavy atom.